The molecule has 0 atom stereocenters. The van der Waals surface area contributed by atoms with Crippen LogP contribution in [0.4, 0.5) is 0 Å². The molecule has 3 rings (SSSR count). The Bertz CT molecular complexity index is 814. The van der Waals surface area contributed by atoms with Gasteiger partial charge in [-0.1, -0.05) is 42.5 Å². The zero-order chi connectivity index (χ0) is 16.8. The number of methoxy groups -OCH3 is 1. The molecule has 0 spiro atoms. The Kier molecular flexibility index (Phi) is 5.34. The highest BCUT2D eigenvalue weighted by molar-refractivity contribution is 5.87. The van der Waals surface area contributed by atoms with Crippen molar-refractivity contribution in [3.05, 3.63) is 71.8 Å². The lowest BCUT2D eigenvalue weighted by atomic mass is 10.0. The second kappa shape index (κ2) is 7.84. The van der Waals surface area contributed by atoms with Crippen LogP contribution in [0.5, 0.6) is 11.5 Å². The zero-order valence-corrected chi connectivity index (χ0v) is 14.2. The van der Waals surface area contributed by atoms with E-state index in [1.807, 2.05) is 19.1 Å². The van der Waals surface area contributed by atoms with Crippen LogP contribution in [0.2, 0.25) is 0 Å². The van der Waals surface area contributed by atoms with E-state index in [2.05, 4.69) is 53.8 Å². The van der Waals surface area contributed by atoms with Crippen molar-refractivity contribution >= 4 is 10.8 Å². The van der Waals surface area contributed by atoms with Crippen LogP contribution < -0.4 is 14.8 Å². The third-order valence-electron chi connectivity index (χ3n) is 4.06. The third-order valence-corrected chi connectivity index (χ3v) is 4.06. The summed E-state index contributed by atoms with van der Waals surface area (Å²) in [4.78, 5) is 0. The number of nitrogens with one attached hydrogen (secondary N) is 1. The molecule has 0 amide bonds. The van der Waals surface area contributed by atoms with E-state index in [9.17, 15) is 0 Å². The molecule has 3 aromatic carbocycles. The molecule has 0 heterocycles. The molecule has 0 saturated heterocycles. The first-order chi connectivity index (χ1) is 11.8. The predicted molar refractivity (Wildman–Crippen MR) is 98.7 cm³/mol. The Balaban J connectivity index is 1.79. The summed E-state index contributed by atoms with van der Waals surface area (Å²) < 4.78 is 11.1. The molecule has 3 aromatic rings. The topological polar surface area (TPSA) is 30.5 Å². The predicted octanol–water partition coefficient (Wildman–Crippen LogP) is 4.54. The summed E-state index contributed by atoms with van der Waals surface area (Å²) in [6, 6.07) is 20.7. The molecule has 0 aliphatic rings. The van der Waals surface area contributed by atoms with Crippen molar-refractivity contribution in [3.63, 3.8) is 0 Å². The summed E-state index contributed by atoms with van der Waals surface area (Å²) in [5, 5.41) is 6.00. The molecule has 3 heteroatoms. The van der Waals surface area contributed by atoms with Crippen LogP contribution in [-0.4, -0.2) is 13.7 Å². The van der Waals surface area contributed by atoms with Crippen molar-refractivity contribution in [3.8, 4) is 11.5 Å². The number of fused-ring (bicyclic) bond motifs is 1. The molecule has 0 fully saturated rings. The van der Waals surface area contributed by atoms with E-state index in [-0.39, 0.29) is 0 Å². The standard InChI is InChI=1S/C21H23NO2/c1-3-24-21-12-11-17-8-4-5-10-19(17)20(21)15-22-14-16-7-6-9-18(13-16)23-2/h4-13,22H,3,14-15H2,1-2H3. The molecule has 24 heavy (non-hydrogen) atoms. The van der Waals surface area contributed by atoms with Crippen LogP contribution in [0.1, 0.15) is 18.1 Å². The normalized spacial score (nSPS) is 10.8. The van der Waals surface area contributed by atoms with E-state index in [4.69, 9.17) is 9.47 Å². The molecular weight excluding hydrogens is 298 g/mol. The SMILES string of the molecule is CCOc1ccc2ccccc2c1CNCc1cccc(OC)c1. The summed E-state index contributed by atoms with van der Waals surface area (Å²) in [5.41, 5.74) is 2.41. The van der Waals surface area contributed by atoms with Crippen molar-refractivity contribution in [1.29, 1.82) is 0 Å². The highest BCUT2D eigenvalue weighted by Crippen LogP contribution is 2.28. The Morgan fingerprint density at radius 1 is 0.917 bits per heavy atom. The summed E-state index contributed by atoms with van der Waals surface area (Å²) >= 11 is 0. The fourth-order valence-electron chi connectivity index (χ4n) is 2.90. The molecule has 3 nitrogen and oxygen atoms in total. The molecule has 0 bridgehead atoms. The summed E-state index contributed by atoms with van der Waals surface area (Å²) in [5.74, 6) is 1.84. The Morgan fingerprint density at radius 2 is 1.79 bits per heavy atom. The van der Waals surface area contributed by atoms with E-state index >= 15 is 0 Å². The van der Waals surface area contributed by atoms with Crippen LogP contribution in [-0.2, 0) is 13.1 Å². The van der Waals surface area contributed by atoms with Gasteiger partial charge in [0.25, 0.3) is 0 Å². The van der Waals surface area contributed by atoms with Gasteiger partial charge in [-0.25, -0.2) is 0 Å². The summed E-state index contributed by atoms with van der Waals surface area (Å²) in [6.07, 6.45) is 0. The highest BCUT2D eigenvalue weighted by atomic mass is 16.5. The van der Waals surface area contributed by atoms with E-state index in [1.165, 1.54) is 21.9 Å². The molecule has 0 saturated carbocycles. The van der Waals surface area contributed by atoms with Crippen molar-refractivity contribution in [2.75, 3.05) is 13.7 Å². The average molecular weight is 321 g/mol. The molecular formula is C21H23NO2. The first kappa shape index (κ1) is 16.3. The van der Waals surface area contributed by atoms with Gasteiger partial charge in [-0.3, -0.25) is 0 Å². The maximum atomic E-state index is 5.82. The molecule has 0 aliphatic heterocycles. The first-order valence-electron chi connectivity index (χ1n) is 8.29. The minimum Gasteiger partial charge on any atom is -0.497 e. The van der Waals surface area contributed by atoms with Gasteiger partial charge in [0, 0.05) is 18.7 Å². The van der Waals surface area contributed by atoms with Gasteiger partial charge in [0.05, 0.1) is 13.7 Å². The van der Waals surface area contributed by atoms with Crippen molar-refractivity contribution in [1.82, 2.24) is 5.32 Å². The second-order valence-corrected chi connectivity index (χ2v) is 5.65. The second-order valence-electron chi connectivity index (χ2n) is 5.65. The van der Waals surface area contributed by atoms with Gasteiger partial charge in [0.2, 0.25) is 0 Å². The fourth-order valence-corrected chi connectivity index (χ4v) is 2.90. The molecule has 0 radical (unpaired) electrons. The van der Waals surface area contributed by atoms with Crippen molar-refractivity contribution in [2.45, 2.75) is 20.0 Å². The maximum absolute atomic E-state index is 5.82. The van der Waals surface area contributed by atoms with Gasteiger partial charge in [-0.15, -0.1) is 0 Å². The summed E-state index contributed by atoms with van der Waals surface area (Å²) in [6.45, 7) is 4.23. The minimum absolute atomic E-state index is 0.668. The number of ether oxygens (including phenoxy) is 2. The van der Waals surface area contributed by atoms with Gasteiger partial charge >= 0.3 is 0 Å². The maximum Gasteiger partial charge on any atom is 0.124 e. The van der Waals surface area contributed by atoms with Crippen LogP contribution in [0.3, 0.4) is 0 Å². The van der Waals surface area contributed by atoms with E-state index in [0.717, 1.165) is 24.6 Å². The Labute approximate surface area is 143 Å². The van der Waals surface area contributed by atoms with E-state index < -0.39 is 0 Å². The van der Waals surface area contributed by atoms with E-state index in [0.29, 0.717) is 6.61 Å². The molecule has 0 aliphatic carbocycles. The Morgan fingerprint density at radius 3 is 2.62 bits per heavy atom. The van der Waals surface area contributed by atoms with Gasteiger partial charge < -0.3 is 14.8 Å². The van der Waals surface area contributed by atoms with Crippen LogP contribution >= 0.6 is 0 Å². The lowest BCUT2D eigenvalue weighted by Crippen LogP contribution is -2.14. The van der Waals surface area contributed by atoms with Crippen molar-refractivity contribution in [2.24, 2.45) is 0 Å². The van der Waals surface area contributed by atoms with Gasteiger partial charge in [-0.05, 0) is 41.5 Å². The molecule has 0 unspecified atom stereocenters. The smallest absolute Gasteiger partial charge is 0.124 e. The third kappa shape index (κ3) is 3.69. The number of rotatable bonds is 7. The molecule has 124 valence electrons. The van der Waals surface area contributed by atoms with Gasteiger partial charge in [-0.2, -0.15) is 0 Å². The lowest BCUT2D eigenvalue weighted by molar-refractivity contribution is 0.336. The minimum atomic E-state index is 0.668. The van der Waals surface area contributed by atoms with Crippen LogP contribution in [0.15, 0.2) is 60.7 Å². The van der Waals surface area contributed by atoms with Crippen molar-refractivity contribution < 1.29 is 9.47 Å². The quantitative estimate of drug-likeness (QED) is 0.693. The largest absolute Gasteiger partial charge is 0.497 e. The van der Waals surface area contributed by atoms with Gasteiger partial charge in [0.1, 0.15) is 11.5 Å². The van der Waals surface area contributed by atoms with E-state index in [1.54, 1.807) is 7.11 Å². The first-order valence-corrected chi connectivity index (χ1v) is 8.29. The lowest BCUT2D eigenvalue weighted by Gasteiger charge is -2.14. The monoisotopic (exact) mass is 321 g/mol. The van der Waals surface area contributed by atoms with Crippen LogP contribution in [0, 0.1) is 0 Å². The van der Waals surface area contributed by atoms with Gasteiger partial charge in [0.15, 0.2) is 0 Å². The fraction of sp³-hybridized carbons (Fsp3) is 0.238. The highest BCUT2D eigenvalue weighted by Gasteiger charge is 2.08. The Hall–Kier alpha value is -2.52. The molecule has 1 N–H and O–H groups in total. The van der Waals surface area contributed by atoms with Crippen LogP contribution in [0.25, 0.3) is 10.8 Å². The number of benzene rings is 3. The zero-order valence-electron chi connectivity index (χ0n) is 14.2. The summed E-state index contributed by atoms with van der Waals surface area (Å²) in [7, 11) is 1.69. The number of hydrogen-bond donors (Lipinski definition) is 1. The average Bonchev–Trinajstić information content (AvgIpc) is 2.63. The molecule has 0 aromatic heterocycles. The number of hydrogen-bond acceptors (Lipinski definition) is 3.